The molecule has 0 bridgehead atoms. The van der Waals surface area contributed by atoms with Gasteiger partial charge in [-0.3, -0.25) is 0 Å². The highest BCUT2D eigenvalue weighted by Crippen LogP contribution is 2.39. The summed E-state index contributed by atoms with van der Waals surface area (Å²) < 4.78 is 0. The highest BCUT2D eigenvalue weighted by molar-refractivity contribution is 5.85. The Hall–Kier alpha value is -0.660. The van der Waals surface area contributed by atoms with Crippen LogP contribution in [0.3, 0.4) is 0 Å². The number of hydrogen-bond donors (Lipinski definition) is 0. The molecule has 2 unspecified atom stereocenters. The molecular weight excluding hydrogens is 229 g/mol. The van der Waals surface area contributed by atoms with Crippen LogP contribution >= 0.6 is 24.8 Å². The molecule has 1 aliphatic carbocycles. The van der Waals surface area contributed by atoms with E-state index >= 15 is 0 Å². The van der Waals surface area contributed by atoms with E-state index in [0.717, 1.165) is 5.92 Å². The van der Waals surface area contributed by atoms with E-state index in [0.29, 0.717) is 6.04 Å². The van der Waals surface area contributed by atoms with E-state index in [4.69, 9.17) is 0 Å². The lowest BCUT2D eigenvalue weighted by Gasteiger charge is -2.24. The molecular formula is C12H15Cl2N. The van der Waals surface area contributed by atoms with Crippen molar-refractivity contribution >= 4 is 24.8 Å². The van der Waals surface area contributed by atoms with Gasteiger partial charge in [0.1, 0.15) is 0 Å². The van der Waals surface area contributed by atoms with Gasteiger partial charge in [-0.25, -0.2) is 0 Å². The zero-order chi connectivity index (χ0) is 8.67. The average molecular weight is 244 g/mol. The Morgan fingerprint density at radius 2 is 2.00 bits per heavy atom. The number of rotatable bonds is 0. The van der Waals surface area contributed by atoms with Gasteiger partial charge in [-0.2, -0.15) is 0 Å². The topological polar surface area (TPSA) is 3.24 Å². The van der Waals surface area contributed by atoms with Crippen LogP contribution in [-0.4, -0.2) is 10.9 Å². The fourth-order valence-corrected chi connectivity index (χ4v) is 2.48. The van der Waals surface area contributed by atoms with Gasteiger partial charge in [0.05, 0.1) is 6.04 Å². The van der Waals surface area contributed by atoms with Crippen LogP contribution in [0.15, 0.2) is 48.4 Å². The van der Waals surface area contributed by atoms with Crippen LogP contribution in [0.2, 0.25) is 0 Å². The second-order valence-electron chi connectivity index (χ2n) is 3.89. The molecule has 0 aromatic heterocycles. The second kappa shape index (κ2) is 4.91. The molecule has 0 saturated carbocycles. The molecule has 1 nitrogen and oxygen atoms in total. The van der Waals surface area contributed by atoms with Crippen molar-refractivity contribution in [3.05, 3.63) is 48.4 Å². The Balaban J connectivity index is 0.000000562. The minimum absolute atomic E-state index is 0. The molecule has 0 N–H and O–H groups in total. The molecule has 2 aliphatic heterocycles. The maximum Gasteiger partial charge on any atom is 0.0523 e. The fraction of sp³-hybridized carbons (Fsp3) is 0.333. The highest BCUT2D eigenvalue weighted by atomic mass is 35.5. The maximum atomic E-state index is 2.41. The molecule has 2 heterocycles. The Morgan fingerprint density at radius 1 is 1.13 bits per heavy atom. The Kier molecular flexibility index (Phi) is 4.06. The third-order valence-electron chi connectivity index (χ3n) is 3.11. The molecule has 0 radical (unpaired) electrons. The van der Waals surface area contributed by atoms with Gasteiger partial charge in [-0.15, -0.1) is 24.8 Å². The summed E-state index contributed by atoms with van der Waals surface area (Å²) in [5.74, 6) is 0.766. The first-order chi connectivity index (χ1) is 6.45. The van der Waals surface area contributed by atoms with Crippen LogP contribution < -0.4 is 0 Å². The van der Waals surface area contributed by atoms with Gasteiger partial charge >= 0.3 is 0 Å². The van der Waals surface area contributed by atoms with Crippen molar-refractivity contribution in [1.29, 1.82) is 0 Å². The zero-order valence-corrected chi connectivity index (χ0v) is 10.0. The van der Waals surface area contributed by atoms with Crippen molar-refractivity contribution in [2.24, 2.45) is 5.92 Å². The van der Waals surface area contributed by atoms with Gasteiger partial charge < -0.3 is 4.90 Å². The largest absolute Gasteiger partial charge is 0.344 e. The Labute approximate surface area is 103 Å². The quantitative estimate of drug-likeness (QED) is 0.630. The lowest BCUT2D eigenvalue weighted by molar-refractivity contribution is 0.447. The normalized spacial score (nSPS) is 29.9. The third-order valence-corrected chi connectivity index (χ3v) is 3.11. The van der Waals surface area contributed by atoms with Gasteiger partial charge in [-0.05, 0) is 25.0 Å². The van der Waals surface area contributed by atoms with Crippen molar-refractivity contribution in [2.75, 3.05) is 0 Å². The lowest BCUT2D eigenvalue weighted by Crippen LogP contribution is -2.22. The molecule has 82 valence electrons. The molecule has 1 saturated heterocycles. The SMILES string of the molecule is C1=CCC2CC3C=CC=CN3C2=C1.Cl.Cl. The molecule has 0 aromatic rings. The molecule has 15 heavy (non-hydrogen) atoms. The van der Waals surface area contributed by atoms with Crippen molar-refractivity contribution in [3.8, 4) is 0 Å². The molecule has 2 atom stereocenters. The molecule has 3 heteroatoms. The first-order valence-electron chi connectivity index (χ1n) is 4.95. The van der Waals surface area contributed by atoms with E-state index in [2.05, 4.69) is 47.6 Å². The molecule has 0 amide bonds. The smallest absolute Gasteiger partial charge is 0.0523 e. The summed E-state index contributed by atoms with van der Waals surface area (Å²) in [6.45, 7) is 0. The number of halogens is 2. The minimum atomic E-state index is 0. The van der Waals surface area contributed by atoms with Crippen molar-refractivity contribution in [3.63, 3.8) is 0 Å². The first kappa shape index (κ1) is 12.4. The van der Waals surface area contributed by atoms with Gasteiger partial charge in [0, 0.05) is 17.8 Å². The van der Waals surface area contributed by atoms with Crippen molar-refractivity contribution in [2.45, 2.75) is 18.9 Å². The van der Waals surface area contributed by atoms with E-state index < -0.39 is 0 Å². The van der Waals surface area contributed by atoms with Gasteiger partial charge in [0.15, 0.2) is 0 Å². The van der Waals surface area contributed by atoms with Gasteiger partial charge in [-0.1, -0.05) is 24.3 Å². The highest BCUT2D eigenvalue weighted by Gasteiger charge is 2.33. The van der Waals surface area contributed by atoms with E-state index in [1.807, 2.05) is 0 Å². The van der Waals surface area contributed by atoms with Gasteiger partial charge in [0.25, 0.3) is 0 Å². The third kappa shape index (κ3) is 1.99. The Morgan fingerprint density at radius 3 is 2.87 bits per heavy atom. The Bertz CT molecular complexity index is 342. The summed E-state index contributed by atoms with van der Waals surface area (Å²) in [6, 6.07) is 0.626. The second-order valence-corrected chi connectivity index (χ2v) is 3.89. The summed E-state index contributed by atoms with van der Waals surface area (Å²) >= 11 is 0. The number of allylic oxidation sites excluding steroid dienone is 6. The van der Waals surface area contributed by atoms with E-state index in [-0.39, 0.29) is 24.8 Å². The average Bonchev–Trinajstić information content (AvgIpc) is 2.56. The van der Waals surface area contributed by atoms with E-state index in [1.54, 1.807) is 0 Å². The van der Waals surface area contributed by atoms with Crippen LogP contribution in [0, 0.1) is 5.92 Å². The number of hydrogen-bond acceptors (Lipinski definition) is 1. The predicted molar refractivity (Wildman–Crippen MR) is 68.4 cm³/mol. The monoisotopic (exact) mass is 243 g/mol. The van der Waals surface area contributed by atoms with Crippen LogP contribution in [0.1, 0.15) is 12.8 Å². The van der Waals surface area contributed by atoms with Crippen LogP contribution in [0.25, 0.3) is 0 Å². The molecule has 3 aliphatic rings. The maximum absolute atomic E-state index is 2.41. The molecule has 0 spiro atoms. The molecule has 3 rings (SSSR count). The van der Waals surface area contributed by atoms with Crippen LogP contribution in [0.4, 0.5) is 0 Å². The molecule has 1 fully saturated rings. The fourth-order valence-electron chi connectivity index (χ4n) is 2.48. The first-order valence-corrected chi connectivity index (χ1v) is 4.95. The van der Waals surface area contributed by atoms with Crippen molar-refractivity contribution < 1.29 is 0 Å². The van der Waals surface area contributed by atoms with Crippen LogP contribution in [-0.2, 0) is 0 Å². The predicted octanol–water partition coefficient (Wildman–Crippen LogP) is 3.45. The minimum Gasteiger partial charge on any atom is -0.344 e. The summed E-state index contributed by atoms with van der Waals surface area (Å²) in [5.41, 5.74) is 1.51. The standard InChI is InChI=1S/C12H13N.2ClH/c1-2-7-12-10(5-1)9-11-6-3-4-8-13(11)12;;/h1-4,6-8,10-11H,5,9H2;2*1H. The molecule has 0 aromatic carbocycles. The number of nitrogens with zero attached hydrogens (tertiary/aromatic N) is 1. The summed E-state index contributed by atoms with van der Waals surface area (Å²) in [7, 11) is 0. The van der Waals surface area contributed by atoms with E-state index in [9.17, 15) is 0 Å². The van der Waals surface area contributed by atoms with Crippen molar-refractivity contribution in [1.82, 2.24) is 4.90 Å². The summed E-state index contributed by atoms with van der Waals surface area (Å²) in [4.78, 5) is 2.41. The van der Waals surface area contributed by atoms with Gasteiger partial charge in [0.2, 0.25) is 0 Å². The zero-order valence-electron chi connectivity index (χ0n) is 8.37. The number of fused-ring (bicyclic) bond motifs is 3. The summed E-state index contributed by atoms with van der Waals surface area (Å²) in [6.07, 6.45) is 18.0. The lowest BCUT2D eigenvalue weighted by atomic mass is 9.95. The van der Waals surface area contributed by atoms with E-state index in [1.165, 1.54) is 18.5 Å². The van der Waals surface area contributed by atoms with Crippen LogP contribution in [0.5, 0.6) is 0 Å². The summed E-state index contributed by atoms with van der Waals surface area (Å²) in [5, 5.41) is 0.